The van der Waals surface area contributed by atoms with Crippen LogP contribution >= 0.6 is 0 Å². The number of quaternary nitrogens is 2. The molecule has 3 N–H and O–H groups in total. The van der Waals surface area contributed by atoms with Gasteiger partial charge in [-0.3, -0.25) is 4.79 Å². The average Bonchev–Trinajstić information content (AvgIpc) is 3.42. The van der Waals surface area contributed by atoms with Crippen molar-refractivity contribution in [2.45, 2.75) is 32.4 Å². The zero-order valence-corrected chi connectivity index (χ0v) is 14.9. The molecule has 24 heavy (non-hydrogen) atoms. The number of rotatable bonds is 7. The third-order valence-electron chi connectivity index (χ3n) is 5.41. The Labute approximate surface area is 145 Å². The lowest BCUT2D eigenvalue weighted by Crippen LogP contribution is -3.28. The molecule has 1 amide bonds. The molecular weight excluding hydrogens is 302 g/mol. The van der Waals surface area contributed by atoms with Gasteiger partial charge in [0.1, 0.15) is 38.5 Å². The second-order valence-electron chi connectivity index (χ2n) is 7.40. The summed E-state index contributed by atoms with van der Waals surface area (Å²) in [5.41, 5.74) is 1.35. The lowest BCUT2D eigenvalue weighted by Gasteiger charge is -2.29. The third-order valence-corrected chi connectivity index (χ3v) is 5.41. The summed E-state index contributed by atoms with van der Waals surface area (Å²) in [5, 5.41) is 3.17. The van der Waals surface area contributed by atoms with E-state index in [2.05, 4.69) is 24.4 Å². The molecule has 1 saturated heterocycles. The smallest absolute Gasteiger partial charge is 0.275 e. The number of hydrogen-bond donors (Lipinski definition) is 3. The first kappa shape index (κ1) is 17.2. The molecule has 0 unspecified atom stereocenters. The van der Waals surface area contributed by atoms with E-state index in [1.54, 1.807) is 12.0 Å². The first-order valence-electron chi connectivity index (χ1n) is 9.23. The molecule has 0 spiro atoms. The van der Waals surface area contributed by atoms with Crippen molar-refractivity contribution in [1.82, 2.24) is 5.32 Å². The van der Waals surface area contributed by atoms with Gasteiger partial charge < -0.3 is 19.9 Å². The Kier molecular flexibility index (Phi) is 5.74. The second kappa shape index (κ2) is 7.99. The molecule has 1 saturated carbocycles. The molecule has 5 nitrogen and oxygen atoms in total. The maximum atomic E-state index is 12.1. The lowest BCUT2D eigenvalue weighted by atomic mass is 10.2. The van der Waals surface area contributed by atoms with Gasteiger partial charge in [0.15, 0.2) is 6.54 Å². The van der Waals surface area contributed by atoms with Crippen molar-refractivity contribution in [1.29, 1.82) is 0 Å². The fraction of sp³-hybridized carbons (Fsp3) is 0.632. The van der Waals surface area contributed by atoms with E-state index >= 15 is 0 Å². The number of carbonyl (C=O) groups excluding carboxylic acids is 1. The van der Waals surface area contributed by atoms with Gasteiger partial charge >= 0.3 is 0 Å². The van der Waals surface area contributed by atoms with E-state index in [0.29, 0.717) is 12.6 Å². The van der Waals surface area contributed by atoms with E-state index in [-0.39, 0.29) is 5.91 Å². The number of benzene rings is 1. The predicted molar refractivity (Wildman–Crippen MR) is 93.3 cm³/mol. The van der Waals surface area contributed by atoms with Crippen LogP contribution in [0.3, 0.4) is 0 Å². The summed E-state index contributed by atoms with van der Waals surface area (Å²) in [6.45, 7) is 8.25. The molecule has 0 bridgehead atoms. The Morgan fingerprint density at radius 3 is 2.38 bits per heavy atom. The first-order valence-corrected chi connectivity index (χ1v) is 9.23. The van der Waals surface area contributed by atoms with Gasteiger partial charge in [0.05, 0.1) is 7.11 Å². The van der Waals surface area contributed by atoms with Crippen LogP contribution in [0.15, 0.2) is 24.3 Å². The molecular formula is C19H31N3O2+2. The number of methoxy groups -OCH3 is 1. The second-order valence-corrected chi connectivity index (χ2v) is 7.40. The van der Waals surface area contributed by atoms with Crippen LogP contribution in [0.4, 0.5) is 0 Å². The number of nitrogens with one attached hydrogen (secondary N) is 3. The van der Waals surface area contributed by atoms with E-state index in [9.17, 15) is 4.79 Å². The Morgan fingerprint density at radius 2 is 1.79 bits per heavy atom. The largest absolute Gasteiger partial charge is 0.497 e. The van der Waals surface area contributed by atoms with Gasteiger partial charge in [-0.25, -0.2) is 0 Å². The summed E-state index contributed by atoms with van der Waals surface area (Å²) < 4.78 is 5.21. The molecule has 1 aliphatic carbocycles. The molecule has 1 aromatic carbocycles. The Bertz CT molecular complexity index is 534. The summed E-state index contributed by atoms with van der Waals surface area (Å²) >= 11 is 0. The van der Waals surface area contributed by atoms with Crippen molar-refractivity contribution in [3.8, 4) is 5.75 Å². The van der Waals surface area contributed by atoms with Gasteiger partial charge in [-0.15, -0.1) is 0 Å². The fourth-order valence-corrected chi connectivity index (χ4v) is 3.59. The lowest BCUT2D eigenvalue weighted by molar-refractivity contribution is -1.02. The van der Waals surface area contributed by atoms with Crippen LogP contribution in [-0.2, 0) is 11.3 Å². The molecule has 0 aromatic heterocycles. The SMILES string of the molecule is COc1ccc(C[NH+]2CC[NH+](CC(=O)N[C@H](C)C3CC3)CC2)cc1. The summed E-state index contributed by atoms with van der Waals surface area (Å²) in [7, 11) is 1.70. The van der Waals surface area contributed by atoms with Crippen LogP contribution in [0.5, 0.6) is 5.75 Å². The van der Waals surface area contributed by atoms with Crippen molar-refractivity contribution in [2.24, 2.45) is 5.92 Å². The van der Waals surface area contributed by atoms with E-state index in [0.717, 1.165) is 44.4 Å². The Morgan fingerprint density at radius 1 is 1.17 bits per heavy atom. The number of carbonyl (C=O) groups is 1. The number of piperazine rings is 1. The van der Waals surface area contributed by atoms with Crippen molar-refractivity contribution >= 4 is 5.91 Å². The Hall–Kier alpha value is -1.59. The highest BCUT2D eigenvalue weighted by atomic mass is 16.5. The topological polar surface area (TPSA) is 47.2 Å². The molecule has 1 heterocycles. The maximum Gasteiger partial charge on any atom is 0.275 e. The van der Waals surface area contributed by atoms with E-state index in [1.165, 1.54) is 23.3 Å². The number of ether oxygens (including phenoxy) is 1. The molecule has 0 radical (unpaired) electrons. The maximum absolute atomic E-state index is 12.1. The standard InChI is InChI=1S/C19H29N3O2/c1-15(17-5-6-17)20-19(23)14-22-11-9-21(10-12-22)13-16-3-7-18(24-2)8-4-16/h3-4,7-8,15,17H,5-6,9-14H2,1-2H3,(H,20,23)/p+2/t15-/m1/s1. The van der Waals surface area contributed by atoms with E-state index in [1.807, 2.05) is 12.1 Å². The van der Waals surface area contributed by atoms with Gasteiger partial charge in [0.25, 0.3) is 5.91 Å². The summed E-state index contributed by atoms with van der Waals surface area (Å²) in [6.07, 6.45) is 2.56. The normalized spacial score (nSPS) is 25.1. The molecule has 132 valence electrons. The van der Waals surface area contributed by atoms with Gasteiger partial charge in [0, 0.05) is 11.6 Å². The average molecular weight is 333 g/mol. The Balaban J connectivity index is 1.37. The minimum absolute atomic E-state index is 0.225. The molecule has 2 aliphatic rings. The highest BCUT2D eigenvalue weighted by molar-refractivity contribution is 5.77. The van der Waals surface area contributed by atoms with Crippen molar-refractivity contribution < 1.29 is 19.3 Å². The fourth-order valence-electron chi connectivity index (χ4n) is 3.59. The zero-order chi connectivity index (χ0) is 16.9. The van der Waals surface area contributed by atoms with Crippen molar-refractivity contribution in [2.75, 3.05) is 39.8 Å². The van der Waals surface area contributed by atoms with E-state index in [4.69, 9.17) is 4.74 Å². The quantitative estimate of drug-likeness (QED) is 0.593. The van der Waals surface area contributed by atoms with Crippen LogP contribution < -0.4 is 19.9 Å². The van der Waals surface area contributed by atoms with Gasteiger partial charge in [0.2, 0.25) is 0 Å². The number of amides is 1. The number of hydrogen-bond acceptors (Lipinski definition) is 2. The summed E-state index contributed by atoms with van der Waals surface area (Å²) in [5.74, 6) is 1.87. The summed E-state index contributed by atoms with van der Waals surface area (Å²) in [4.78, 5) is 15.2. The predicted octanol–water partition coefficient (Wildman–Crippen LogP) is -1.11. The summed E-state index contributed by atoms with van der Waals surface area (Å²) in [6, 6.07) is 8.72. The minimum atomic E-state index is 0.225. The molecule has 3 rings (SSSR count). The van der Waals surface area contributed by atoms with Gasteiger partial charge in [-0.1, -0.05) is 0 Å². The first-order chi connectivity index (χ1) is 11.6. The third kappa shape index (κ3) is 4.95. The monoisotopic (exact) mass is 333 g/mol. The van der Waals surface area contributed by atoms with Crippen LogP contribution in [0.1, 0.15) is 25.3 Å². The van der Waals surface area contributed by atoms with E-state index < -0.39 is 0 Å². The van der Waals surface area contributed by atoms with Gasteiger partial charge in [-0.2, -0.15) is 0 Å². The molecule has 1 atom stereocenters. The highest BCUT2D eigenvalue weighted by Gasteiger charge is 2.30. The zero-order valence-electron chi connectivity index (χ0n) is 14.9. The van der Waals surface area contributed by atoms with Crippen LogP contribution in [-0.4, -0.2) is 51.8 Å². The molecule has 2 fully saturated rings. The molecule has 5 heteroatoms. The van der Waals surface area contributed by atoms with Crippen LogP contribution in [0.25, 0.3) is 0 Å². The van der Waals surface area contributed by atoms with Crippen LogP contribution in [0.2, 0.25) is 0 Å². The highest BCUT2D eigenvalue weighted by Crippen LogP contribution is 2.32. The van der Waals surface area contributed by atoms with Crippen LogP contribution in [0, 0.1) is 5.92 Å². The van der Waals surface area contributed by atoms with Crippen molar-refractivity contribution in [3.63, 3.8) is 0 Å². The van der Waals surface area contributed by atoms with Gasteiger partial charge in [-0.05, 0) is 49.9 Å². The molecule has 1 aliphatic heterocycles. The molecule has 1 aromatic rings. The minimum Gasteiger partial charge on any atom is -0.497 e. The van der Waals surface area contributed by atoms with Crippen molar-refractivity contribution in [3.05, 3.63) is 29.8 Å².